The van der Waals surface area contributed by atoms with Gasteiger partial charge in [0.1, 0.15) is 12.4 Å². The Labute approximate surface area is 129 Å². The molecule has 0 amide bonds. The van der Waals surface area contributed by atoms with Gasteiger partial charge in [0.2, 0.25) is 0 Å². The van der Waals surface area contributed by atoms with Crippen LogP contribution in [0.5, 0.6) is 5.75 Å². The van der Waals surface area contributed by atoms with Crippen molar-refractivity contribution in [3.05, 3.63) is 29.8 Å². The van der Waals surface area contributed by atoms with Crippen LogP contribution in [0.2, 0.25) is 0 Å². The van der Waals surface area contributed by atoms with Crippen molar-refractivity contribution in [3.63, 3.8) is 0 Å². The van der Waals surface area contributed by atoms with Crippen molar-refractivity contribution in [2.45, 2.75) is 51.6 Å². The van der Waals surface area contributed by atoms with Gasteiger partial charge < -0.3 is 15.0 Å². The zero-order valence-electron chi connectivity index (χ0n) is 13.6. The fraction of sp³-hybridized carbons (Fsp3) is 0.667. The van der Waals surface area contributed by atoms with E-state index in [0.29, 0.717) is 0 Å². The molecule has 1 N–H and O–H groups in total. The summed E-state index contributed by atoms with van der Waals surface area (Å²) in [5.41, 5.74) is 1.29. The predicted molar refractivity (Wildman–Crippen MR) is 88.8 cm³/mol. The van der Waals surface area contributed by atoms with Gasteiger partial charge in [0, 0.05) is 19.1 Å². The first kappa shape index (κ1) is 16.3. The van der Waals surface area contributed by atoms with Gasteiger partial charge in [0.15, 0.2) is 0 Å². The van der Waals surface area contributed by atoms with Crippen molar-refractivity contribution in [2.75, 3.05) is 26.7 Å². The summed E-state index contributed by atoms with van der Waals surface area (Å²) in [5.74, 6) is 0.988. The van der Waals surface area contributed by atoms with Crippen LogP contribution in [0, 0.1) is 0 Å². The Kier molecular flexibility index (Phi) is 7.04. The Morgan fingerprint density at radius 1 is 1.24 bits per heavy atom. The number of hydrogen-bond acceptors (Lipinski definition) is 3. The number of ether oxygens (including phenoxy) is 1. The van der Waals surface area contributed by atoms with E-state index in [9.17, 15) is 0 Å². The number of rotatable bonds is 8. The fourth-order valence-corrected chi connectivity index (χ4v) is 3.03. The van der Waals surface area contributed by atoms with E-state index < -0.39 is 0 Å². The number of hydrogen-bond donors (Lipinski definition) is 1. The molecule has 21 heavy (non-hydrogen) atoms. The molecule has 1 saturated carbocycles. The maximum Gasteiger partial charge on any atom is 0.119 e. The summed E-state index contributed by atoms with van der Waals surface area (Å²) >= 11 is 0. The maximum atomic E-state index is 5.92. The molecule has 0 spiro atoms. The first-order valence-corrected chi connectivity index (χ1v) is 8.42. The molecule has 0 heterocycles. The van der Waals surface area contributed by atoms with Crippen molar-refractivity contribution in [1.82, 2.24) is 10.2 Å². The lowest BCUT2D eigenvalue weighted by Crippen LogP contribution is -2.36. The van der Waals surface area contributed by atoms with E-state index in [0.717, 1.165) is 38.0 Å². The van der Waals surface area contributed by atoms with Crippen molar-refractivity contribution < 1.29 is 4.74 Å². The third-order valence-electron chi connectivity index (χ3n) is 4.39. The normalized spacial score (nSPS) is 16.3. The molecule has 1 aliphatic rings. The number of benzene rings is 1. The molecule has 2 rings (SSSR count). The van der Waals surface area contributed by atoms with Crippen LogP contribution in [0.15, 0.2) is 24.3 Å². The van der Waals surface area contributed by atoms with Gasteiger partial charge in [-0.1, -0.05) is 38.3 Å². The highest BCUT2D eigenvalue weighted by atomic mass is 16.5. The van der Waals surface area contributed by atoms with Crippen molar-refractivity contribution >= 4 is 0 Å². The summed E-state index contributed by atoms with van der Waals surface area (Å²) in [6, 6.07) is 9.18. The van der Waals surface area contributed by atoms with Gasteiger partial charge in [-0.25, -0.2) is 0 Å². The van der Waals surface area contributed by atoms with Gasteiger partial charge in [0.05, 0.1) is 0 Å². The van der Waals surface area contributed by atoms with Crippen LogP contribution in [-0.2, 0) is 6.54 Å². The Hall–Kier alpha value is -1.06. The SMILES string of the molecule is CCNCc1cccc(OCCN(C)C2CCCCC2)c1. The lowest BCUT2D eigenvalue weighted by atomic mass is 9.94. The summed E-state index contributed by atoms with van der Waals surface area (Å²) < 4.78 is 5.92. The summed E-state index contributed by atoms with van der Waals surface area (Å²) in [7, 11) is 2.24. The first-order valence-electron chi connectivity index (χ1n) is 8.42. The first-order chi connectivity index (χ1) is 10.3. The van der Waals surface area contributed by atoms with Crippen LogP contribution in [0.3, 0.4) is 0 Å². The second kappa shape index (κ2) is 9.06. The molecule has 0 radical (unpaired) electrons. The standard InChI is InChI=1S/C18H30N2O/c1-3-19-15-16-8-7-11-18(14-16)21-13-12-20(2)17-9-5-4-6-10-17/h7-8,11,14,17,19H,3-6,9-10,12-13,15H2,1-2H3. The van der Waals surface area contributed by atoms with E-state index in [-0.39, 0.29) is 0 Å². The van der Waals surface area contributed by atoms with Crippen LogP contribution in [0.4, 0.5) is 0 Å². The van der Waals surface area contributed by atoms with Gasteiger partial charge in [-0.3, -0.25) is 0 Å². The highest BCUT2D eigenvalue weighted by Gasteiger charge is 2.17. The topological polar surface area (TPSA) is 24.5 Å². The minimum atomic E-state index is 0.766. The molecule has 0 bridgehead atoms. The second-order valence-corrected chi connectivity index (χ2v) is 6.05. The van der Waals surface area contributed by atoms with Gasteiger partial charge >= 0.3 is 0 Å². The Bertz CT molecular complexity index is 402. The van der Waals surface area contributed by atoms with E-state index in [2.05, 4.69) is 48.5 Å². The number of likely N-dealkylation sites (N-methyl/N-ethyl adjacent to an activating group) is 1. The quantitative estimate of drug-likeness (QED) is 0.794. The van der Waals surface area contributed by atoms with E-state index >= 15 is 0 Å². The predicted octanol–water partition coefficient (Wildman–Crippen LogP) is 3.44. The summed E-state index contributed by atoms with van der Waals surface area (Å²) in [6.07, 6.45) is 6.91. The molecule has 0 unspecified atom stereocenters. The Balaban J connectivity index is 1.72. The van der Waals surface area contributed by atoms with Gasteiger partial charge in [0.25, 0.3) is 0 Å². The molecule has 0 saturated heterocycles. The highest BCUT2D eigenvalue weighted by Crippen LogP contribution is 2.21. The molecule has 1 aliphatic carbocycles. The molecule has 3 heteroatoms. The van der Waals surface area contributed by atoms with Crippen LogP contribution in [0.1, 0.15) is 44.6 Å². The largest absolute Gasteiger partial charge is 0.492 e. The summed E-state index contributed by atoms with van der Waals surface area (Å²) in [6.45, 7) is 5.83. The number of nitrogens with zero attached hydrogens (tertiary/aromatic N) is 1. The molecule has 0 aliphatic heterocycles. The minimum absolute atomic E-state index is 0.766. The fourth-order valence-electron chi connectivity index (χ4n) is 3.03. The van der Waals surface area contributed by atoms with Crippen LogP contribution >= 0.6 is 0 Å². The molecule has 1 aromatic carbocycles. The maximum absolute atomic E-state index is 5.92. The molecule has 118 valence electrons. The molecular formula is C18H30N2O. The van der Waals surface area contributed by atoms with Gasteiger partial charge in [-0.15, -0.1) is 0 Å². The zero-order chi connectivity index (χ0) is 14.9. The molecule has 1 aromatic rings. The monoisotopic (exact) mass is 290 g/mol. The highest BCUT2D eigenvalue weighted by molar-refractivity contribution is 5.28. The lowest BCUT2D eigenvalue weighted by Gasteiger charge is -2.31. The van der Waals surface area contributed by atoms with Crippen LogP contribution in [0.25, 0.3) is 0 Å². The van der Waals surface area contributed by atoms with E-state index in [1.807, 2.05) is 0 Å². The molecule has 3 nitrogen and oxygen atoms in total. The summed E-state index contributed by atoms with van der Waals surface area (Å²) in [5, 5.41) is 3.35. The van der Waals surface area contributed by atoms with E-state index in [1.165, 1.54) is 37.7 Å². The second-order valence-electron chi connectivity index (χ2n) is 6.05. The third kappa shape index (κ3) is 5.68. The van der Waals surface area contributed by atoms with Crippen molar-refractivity contribution in [2.24, 2.45) is 0 Å². The van der Waals surface area contributed by atoms with Crippen LogP contribution < -0.4 is 10.1 Å². The molecule has 1 fully saturated rings. The van der Waals surface area contributed by atoms with Gasteiger partial charge in [-0.2, -0.15) is 0 Å². The smallest absolute Gasteiger partial charge is 0.119 e. The summed E-state index contributed by atoms with van der Waals surface area (Å²) in [4.78, 5) is 2.47. The van der Waals surface area contributed by atoms with Crippen LogP contribution in [-0.4, -0.2) is 37.7 Å². The molecule has 0 atom stereocenters. The Morgan fingerprint density at radius 3 is 2.81 bits per heavy atom. The molecule has 0 aromatic heterocycles. The van der Waals surface area contributed by atoms with E-state index in [1.54, 1.807) is 0 Å². The third-order valence-corrected chi connectivity index (χ3v) is 4.39. The van der Waals surface area contributed by atoms with Gasteiger partial charge in [-0.05, 0) is 44.1 Å². The number of nitrogens with one attached hydrogen (secondary N) is 1. The average Bonchev–Trinajstić information content (AvgIpc) is 2.54. The van der Waals surface area contributed by atoms with E-state index in [4.69, 9.17) is 4.74 Å². The Morgan fingerprint density at radius 2 is 2.05 bits per heavy atom. The van der Waals surface area contributed by atoms with Crippen molar-refractivity contribution in [3.8, 4) is 5.75 Å². The lowest BCUT2D eigenvalue weighted by molar-refractivity contribution is 0.160. The zero-order valence-corrected chi connectivity index (χ0v) is 13.6. The minimum Gasteiger partial charge on any atom is -0.492 e. The average molecular weight is 290 g/mol. The van der Waals surface area contributed by atoms with Crippen molar-refractivity contribution in [1.29, 1.82) is 0 Å². The molecular weight excluding hydrogens is 260 g/mol.